The molecule has 124 valence electrons. The molecule has 0 spiro atoms. The van der Waals surface area contributed by atoms with Crippen molar-refractivity contribution in [3.05, 3.63) is 53.3 Å². The van der Waals surface area contributed by atoms with Crippen LogP contribution in [0.2, 0.25) is 0 Å². The number of rotatable bonds is 4. The zero-order valence-electron chi connectivity index (χ0n) is 13.2. The molecule has 0 radical (unpaired) electrons. The van der Waals surface area contributed by atoms with Gasteiger partial charge in [-0.25, -0.2) is 4.39 Å². The Morgan fingerprint density at radius 3 is 2.79 bits per heavy atom. The van der Waals surface area contributed by atoms with Gasteiger partial charge in [-0.05, 0) is 18.9 Å². The molecule has 1 heterocycles. The second kappa shape index (κ2) is 6.70. The molecule has 5 nitrogen and oxygen atoms in total. The van der Waals surface area contributed by atoms with Crippen molar-refractivity contribution in [2.24, 2.45) is 0 Å². The van der Waals surface area contributed by atoms with Gasteiger partial charge in [-0.3, -0.25) is 9.59 Å². The van der Waals surface area contributed by atoms with E-state index in [0.717, 1.165) is 17.2 Å². The molecule has 0 bridgehead atoms. The van der Waals surface area contributed by atoms with Crippen LogP contribution in [0.3, 0.4) is 0 Å². The highest BCUT2D eigenvalue weighted by Crippen LogP contribution is 2.36. The zero-order chi connectivity index (χ0) is 17.1. The Morgan fingerprint density at radius 1 is 1.29 bits per heavy atom. The maximum absolute atomic E-state index is 13.7. The lowest BCUT2D eigenvalue weighted by molar-refractivity contribution is -0.118. The van der Waals surface area contributed by atoms with Crippen molar-refractivity contribution < 1.29 is 18.7 Å². The van der Waals surface area contributed by atoms with Gasteiger partial charge in [-0.2, -0.15) is 0 Å². The first-order valence-corrected chi connectivity index (χ1v) is 7.63. The van der Waals surface area contributed by atoms with Crippen LogP contribution in [0.15, 0.2) is 36.4 Å². The van der Waals surface area contributed by atoms with Crippen molar-refractivity contribution in [3.63, 3.8) is 0 Å². The lowest BCUT2D eigenvalue weighted by Crippen LogP contribution is -2.26. The molecular formula is C18H17FN2O3. The first-order chi connectivity index (χ1) is 11.5. The summed E-state index contributed by atoms with van der Waals surface area (Å²) in [6, 6.07) is 10.3. The van der Waals surface area contributed by atoms with E-state index in [1.54, 1.807) is 0 Å². The summed E-state index contributed by atoms with van der Waals surface area (Å²) < 4.78 is 19.0. The molecule has 2 aromatic rings. The number of carbonyl (C=O) groups excluding carboxylic acids is 2. The maximum Gasteiger partial charge on any atom is 0.262 e. The SMILES string of the molecule is Cc1ccc(CCC(=O)Nc2cc(F)cc3c2OCC(=O)N3)cc1. The van der Waals surface area contributed by atoms with Crippen molar-refractivity contribution in [1.29, 1.82) is 0 Å². The highest BCUT2D eigenvalue weighted by Gasteiger charge is 2.21. The maximum atomic E-state index is 13.7. The number of ether oxygens (including phenoxy) is 1. The fraction of sp³-hybridized carbons (Fsp3) is 0.222. The number of amides is 2. The molecule has 24 heavy (non-hydrogen) atoms. The standard InChI is InChI=1S/C18H17FN2O3/c1-11-2-4-12(5-3-11)6-7-16(22)20-14-8-13(19)9-15-18(14)24-10-17(23)21-15/h2-5,8-9H,6-7,10H2,1H3,(H,20,22)(H,21,23). The Morgan fingerprint density at radius 2 is 2.04 bits per heavy atom. The Hall–Kier alpha value is -2.89. The van der Waals surface area contributed by atoms with Crippen molar-refractivity contribution in [2.75, 3.05) is 17.2 Å². The zero-order valence-corrected chi connectivity index (χ0v) is 13.2. The van der Waals surface area contributed by atoms with Gasteiger partial charge in [-0.15, -0.1) is 0 Å². The first-order valence-electron chi connectivity index (χ1n) is 7.63. The van der Waals surface area contributed by atoms with Gasteiger partial charge >= 0.3 is 0 Å². The molecular weight excluding hydrogens is 311 g/mol. The van der Waals surface area contributed by atoms with Crippen LogP contribution in [0.5, 0.6) is 5.75 Å². The molecule has 0 atom stereocenters. The number of anilines is 2. The molecule has 0 aliphatic carbocycles. The summed E-state index contributed by atoms with van der Waals surface area (Å²) >= 11 is 0. The van der Waals surface area contributed by atoms with Crippen molar-refractivity contribution in [3.8, 4) is 5.75 Å². The number of nitrogens with one attached hydrogen (secondary N) is 2. The highest BCUT2D eigenvalue weighted by molar-refractivity contribution is 6.00. The van der Waals surface area contributed by atoms with Gasteiger partial charge in [0, 0.05) is 18.6 Å². The van der Waals surface area contributed by atoms with E-state index < -0.39 is 5.82 Å². The van der Waals surface area contributed by atoms with Crippen LogP contribution in [0, 0.1) is 12.7 Å². The molecule has 2 N–H and O–H groups in total. The predicted octanol–water partition coefficient (Wildman–Crippen LogP) is 3.04. The molecule has 0 saturated heterocycles. The van der Waals surface area contributed by atoms with Crippen LogP contribution < -0.4 is 15.4 Å². The summed E-state index contributed by atoms with van der Waals surface area (Å²) in [5, 5.41) is 5.17. The van der Waals surface area contributed by atoms with E-state index in [1.807, 2.05) is 31.2 Å². The van der Waals surface area contributed by atoms with Crippen LogP contribution in [0.4, 0.5) is 15.8 Å². The second-order valence-corrected chi connectivity index (χ2v) is 5.70. The third kappa shape index (κ3) is 3.71. The van der Waals surface area contributed by atoms with E-state index in [0.29, 0.717) is 6.42 Å². The molecule has 0 fully saturated rings. The topological polar surface area (TPSA) is 67.4 Å². The summed E-state index contributed by atoms with van der Waals surface area (Å²) in [5.74, 6) is -0.887. The summed E-state index contributed by atoms with van der Waals surface area (Å²) in [5.41, 5.74) is 2.66. The fourth-order valence-electron chi connectivity index (χ4n) is 2.48. The lowest BCUT2D eigenvalue weighted by atomic mass is 10.1. The number of halogens is 1. The monoisotopic (exact) mass is 328 g/mol. The molecule has 1 aliphatic heterocycles. The second-order valence-electron chi connectivity index (χ2n) is 5.70. The minimum absolute atomic E-state index is 0.162. The van der Waals surface area contributed by atoms with Crippen molar-refractivity contribution in [2.45, 2.75) is 19.8 Å². The molecule has 0 aromatic heterocycles. The molecule has 3 rings (SSSR count). The van der Waals surface area contributed by atoms with E-state index >= 15 is 0 Å². The molecule has 1 aliphatic rings. The number of aryl methyl sites for hydroxylation is 2. The van der Waals surface area contributed by atoms with E-state index in [9.17, 15) is 14.0 Å². The average molecular weight is 328 g/mol. The van der Waals surface area contributed by atoms with E-state index in [-0.39, 0.29) is 42.0 Å². The van der Waals surface area contributed by atoms with Crippen LogP contribution >= 0.6 is 0 Å². The van der Waals surface area contributed by atoms with Crippen LogP contribution in [-0.2, 0) is 16.0 Å². The predicted molar refractivity (Wildman–Crippen MR) is 88.7 cm³/mol. The van der Waals surface area contributed by atoms with Gasteiger partial charge in [0.2, 0.25) is 5.91 Å². The largest absolute Gasteiger partial charge is 0.479 e. The van der Waals surface area contributed by atoms with Crippen LogP contribution in [-0.4, -0.2) is 18.4 Å². The van der Waals surface area contributed by atoms with Gasteiger partial charge in [0.15, 0.2) is 12.4 Å². The van der Waals surface area contributed by atoms with Gasteiger partial charge in [-0.1, -0.05) is 29.8 Å². The summed E-state index contributed by atoms with van der Waals surface area (Å²) in [6.07, 6.45) is 0.849. The lowest BCUT2D eigenvalue weighted by Gasteiger charge is -2.21. The van der Waals surface area contributed by atoms with E-state index in [2.05, 4.69) is 10.6 Å². The molecule has 0 saturated carbocycles. The van der Waals surface area contributed by atoms with Gasteiger partial charge in [0.1, 0.15) is 5.82 Å². The van der Waals surface area contributed by atoms with Gasteiger partial charge in [0.05, 0.1) is 11.4 Å². The Kier molecular flexibility index (Phi) is 4.46. The number of hydrogen-bond donors (Lipinski definition) is 2. The quantitative estimate of drug-likeness (QED) is 0.906. The number of carbonyl (C=O) groups is 2. The Labute approximate surface area is 138 Å². The molecule has 2 amide bonds. The van der Waals surface area contributed by atoms with Crippen LogP contribution in [0.1, 0.15) is 17.5 Å². The van der Waals surface area contributed by atoms with Crippen molar-refractivity contribution >= 4 is 23.2 Å². The Balaban J connectivity index is 1.68. The van der Waals surface area contributed by atoms with Gasteiger partial charge in [0.25, 0.3) is 5.91 Å². The number of fused-ring (bicyclic) bond motifs is 1. The van der Waals surface area contributed by atoms with Crippen LogP contribution in [0.25, 0.3) is 0 Å². The number of hydrogen-bond acceptors (Lipinski definition) is 3. The number of benzene rings is 2. The van der Waals surface area contributed by atoms with E-state index in [1.165, 1.54) is 6.07 Å². The Bertz CT molecular complexity index is 788. The minimum Gasteiger partial charge on any atom is -0.479 e. The average Bonchev–Trinajstić information content (AvgIpc) is 2.53. The summed E-state index contributed by atoms with van der Waals surface area (Å²) in [7, 11) is 0. The normalized spacial score (nSPS) is 12.8. The first kappa shape index (κ1) is 16.0. The minimum atomic E-state index is -0.562. The van der Waals surface area contributed by atoms with Gasteiger partial charge < -0.3 is 15.4 Å². The molecule has 0 unspecified atom stereocenters. The third-order valence-electron chi connectivity index (χ3n) is 3.71. The third-order valence-corrected chi connectivity index (χ3v) is 3.71. The fourth-order valence-corrected chi connectivity index (χ4v) is 2.48. The molecule has 2 aromatic carbocycles. The summed E-state index contributed by atoms with van der Waals surface area (Å²) in [4.78, 5) is 23.4. The van der Waals surface area contributed by atoms with Crippen molar-refractivity contribution in [1.82, 2.24) is 0 Å². The smallest absolute Gasteiger partial charge is 0.262 e. The highest BCUT2D eigenvalue weighted by atomic mass is 19.1. The molecule has 6 heteroatoms. The summed E-state index contributed by atoms with van der Waals surface area (Å²) in [6.45, 7) is 1.84. The van der Waals surface area contributed by atoms with E-state index in [4.69, 9.17) is 4.74 Å².